The molecule has 0 bridgehead atoms. The van der Waals surface area contributed by atoms with Gasteiger partial charge in [-0.2, -0.15) is 0 Å². The summed E-state index contributed by atoms with van der Waals surface area (Å²) in [5.74, 6) is -0.258. The third-order valence-electron chi connectivity index (χ3n) is 4.80. The van der Waals surface area contributed by atoms with Crippen LogP contribution in [0.1, 0.15) is 25.8 Å². The summed E-state index contributed by atoms with van der Waals surface area (Å²) in [5, 5.41) is 0. The van der Waals surface area contributed by atoms with Crippen LogP contribution in [0.5, 0.6) is 5.75 Å². The standard InChI is InChI=1S/C19H23NO6S/c1-3-20(16-8-9-27(23,24)12-16)18(21)13(2)26-19(22)15-10-14-6-4-5-7-17(14)25-11-15/h4-7,10,13,16H,3,8-9,11-12H2,1-2H3/t13-,16-/m1/s1. The van der Waals surface area contributed by atoms with Gasteiger partial charge in [-0.1, -0.05) is 18.2 Å². The van der Waals surface area contributed by atoms with Gasteiger partial charge in [-0.15, -0.1) is 0 Å². The Bertz CT molecular complexity index is 876. The number of fused-ring (bicyclic) bond motifs is 1. The van der Waals surface area contributed by atoms with Crippen molar-refractivity contribution in [2.45, 2.75) is 32.4 Å². The van der Waals surface area contributed by atoms with Crippen LogP contribution in [0.15, 0.2) is 29.8 Å². The first-order chi connectivity index (χ1) is 12.8. The zero-order chi connectivity index (χ0) is 19.6. The van der Waals surface area contributed by atoms with E-state index in [0.29, 0.717) is 24.3 Å². The number of sulfone groups is 1. The second kappa shape index (κ2) is 7.72. The molecule has 1 amide bonds. The monoisotopic (exact) mass is 393 g/mol. The molecule has 2 heterocycles. The number of likely N-dealkylation sites (N-methyl/N-ethyl adjacent to an activating group) is 1. The SMILES string of the molecule is CCN(C(=O)[C@@H](C)OC(=O)C1=Cc2ccccc2OC1)[C@@H]1CCS(=O)(=O)C1. The molecule has 0 aliphatic carbocycles. The van der Waals surface area contributed by atoms with E-state index in [2.05, 4.69) is 0 Å². The quantitative estimate of drug-likeness (QED) is 0.703. The first-order valence-electron chi connectivity index (χ1n) is 8.95. The van der Waals surface area contributed by atoms with E-state index in [1.807, 2.05) is 24.3 Å². The van der Waals surface area contributed by atoms with Crippen LogP contribution in [-0.2, 0) is 24.2 Å². The number of para-hydroxylation sites is 1. The summed E-state index contributed by atoms with van der Waals surface area (Å²) in [6.07, 6.45) is 1.11. The molecule has 1 fully saturated rings. The molecule has 0 unspecified atom stereocenters. The number of benzene rings is 1. The van der Waals surface area contributed by atoms with Gasteiger partial charge in [-0.3, -0.25) is 4.79 Å². The van der Waals surface area contributed by atoms with Gasteiger partial charge >= 0.3 is 5.97 Å². The Kier molecular flexibility index (Phi) is 5.55. The van der Waals surface area contributed by atoms with E-state index in [0.717, 1.165) is 5.56 Å². The maximum Gasteiger partial charge on any atom is 0.338 e. The molecule has 146 valence electrons. The Balaban J connectivity index is 1.66. The van der Waals surface area contributed by atoms with Crippen LogP contribution in [0.2, 0.25) is 0 Å². The molecule has 0 radical (unpaired) electrons. The lowest BCUT2D eigenvalue weighted by Gasteiger charge is -2.29. The third-order valence-corrected chi connectivity index (χ3v) is 6.55. The average molecular weight is 393 g/mol. The highest BCUT2D eigenvalue weighted by Gasteiger charge is 2.36. The Morgan fingerprint density at radius 3 is 2.74 bits per heavy atom. The lowest BCUT2D eigenvalue weighted by atomic mass is 10.1. The predicted molar refractivity (Wildman–Crippen MR) is 99.9 cm³/mol. The number of ether oxygens (including phenoxy) is 2. The number of hydrogen-bond acceptors (Lipinski definition) is 6. The van der Waals surface area contributed by atoms with E-state index in [1.165, 1.54) is 11.8 Å². The summed E-state index contributed by atoms with van der Waals surface area (Å²) in [6, 6.07) is 6.97. The maximum atomic E-state index is 12.7. The van der Waals surface area contributed by atoms with E-state index >= 15 is 0 Å². The number of hydrogen-bond donors (Lipinski definition) is 0. The molecule has 8 heteroatoms. The minimum absolute atomic E-state index is 0.0387. The molecule has 0 N–H and O–H groups in total. The summed E-state index contributed by atoms with van der Waals surface area (Å²) in [5.41, 5.74) is 1.11. The molecule has 1 aromatic carbocycles. The Morgan fingerprint density at radius 1 is 1.33 bits per heavy atom. The Labute approximate surface area is 158 Å². The van der Waals surface area contributed by atoms with Crippen molar-refractivity contribution in [2.24, 2.45) is 0 Å². The minimum Gasteiger partial charge on any atom is -0.488 e. The topological polar surface area (TPSA) is 90.0 Å². The van der Waals surface area contributed by atoms with Crippen LogP contribution in [0.3, 0.4) is 0 Å². The van der Waals surface area contributed by atoms with Crippen molar-refractivity contribution in [3.05, 3.63) is 35.4 Å². The molecule has 2 aliphatic heterocycles. The summed E-state index contributed by atoms with van der Waals surface area (Å²) in [6.45, 7) is 3.73. The number of rotatable bonds is 5. The first-order valence-corrected chi connectivity index (χ1v) is 10.8. The van der Waals surface area contributed by atoms with Crippen LogP contribution < -0.4 is 4.74 Å². The van der Waals surface area contributed by atoms with Crippen LogP contribution in [0.25, 0.3) is 6.08 Å². The highest BCUT2D eigenvalue weighted by atomic mass is 32.2. The lowest BCUT2D eigenvalue weighted by molar-refractivity contribution is -0.157. The molecule has 1 aromatic rings. The number of nitrogens with zero attached hydrogens (tertiary/aromatic N) is 1. The van der Waals surface area contributed by atoms with Crippen molar-refractivity contribution in [3.8, 4) is 5.75 Å². The fourth-order valence-electron chi connectivity index (χ4n) is 3.37. The summed E-state index contributed by atoms with van der Waals surface area (Å²) in [4.78, 5) is 26.6. The van der Waals surface area contributed by atoms with Gasteiger partial charge in [0.25, 0.3) is 5.91 Å². The van der Waals surface area contributed by atoms with Gasteiger partial charge in [-0.25, -0.2) is 13.2 Å². The highest BCUT2D eigenvalue weighted by molar-refractivity contribution is 7.91. The van der Waals surface area contributed by atoms with Crippen molar-refractivity contribution in [1.29, 1.82) is 0 Å². The van der Waals surface area contributed by atoms with Gasteiger partial charge in [0.2, 0.25) is 0 Å². The average Bonchev–Trinajstić information content (AvgIpc) is 3.01. The van der Waals surface area contributed by atoms with E-state index in [9.17, 15) is 18.0 Å². The van der Waals surface area contributed by atoms with Crippen molar-refractivity contribution < 1.29 is 27.5 Å². The van der Waals surface area contributed by atoms with E-state index < -0.39 is 21.9 Å². The third kappa shape index (κ3) is 4.32. The molecule has 0 spiro atoms. The number of amides is 1. The number of carbonyl (C=O) groups excluding carboxylic acids is 2. The van der Waals surface area contributed by atoms with Gasteiger partial charge in [0.15, 0.2) is 15.9 Å². The summed E-state index contributed by atoms with van der Waals surface area (Å²) >= 11 is 0. The largest absolute Gasteiger partial charge is 0.488 e. The summed E-state index contributed by atoms with van der Waals surface area (Å²) < 4.78 is 34.3. The fraction of sp³-hybridized carbons (Fsp3) is 0.474. The zero-order valence-electron chi connectivity index (χ0n) is 15.4. The zero-order valence-corrected chi connectivity index (χ0v) is 16.2. The normalized spacial score (nSPS) is 21.4. The Hall–Kier alpha value is -2.35. The molecule has 7 nitrogen and oxygen atoms in total. The van der Waals surface area contributed by atoms with E-state index in [1.54, 1.807) is 13.0 Å². The van der Waals surface area contributed by atoms with Crippen molar-refractivity contribution >= 4 is 27.8 Å². The van der Waals surface area contributed by atoms with Crippen molar-refractivity contribution in [2.75, 3.05) is 24.7 Å². The molecule has 3 rings (SSSR count). The summed E-state index contributed by atoms with van der Waals surface area (Å²) in [7, 11) is -3.11. The predicted octanol–water partition coefficient (Wildman–Crippen LogP) is 1.43. The molecule has 0 saturated carbocycles. The molecule has 2 atom stereocenters. The fourth-order valence-corrected chi connectivity index (χ4v) is 5.10. The maximum absolute atomic E-state index is 12.7. The van der Waals surface area contributed by atoms with Gasteiger partial charge in [-0.05, 0) is 32.4 Å². The van der Waals surface area contributed by atoms with Crippen LogP contribution in [0.4, 0.5) is 0 Å². The van der Waals surface area contributed by atoms with Gasteiger partial charge in [0.1, 0.15) is 12.4 Å². The van der Waals surface area contributed by atoms with Crippen molar-refractivity contribution in [3.63, 3.8) is 0 Å². The van der Waals surface area contributed by atoms with E-state index in [-0.39, 0.29) is 30.1 Å². The van der Waals surface area contributed by atoms with Crippen molar-refractivity contribution in [1.82, 2.24) is 4.90 Å². The minimum atomic E-state index is -3.11. The second-order valence-electron chi connectivity index (χ2n) is 6.72. The van der Waals surface area contributed by atoms with Gasteiger partial charge < -0.3 is 14.4 Å². The number of esters is 1. The molecule has 1 saturated heterocycles. The number of carbonyl (C=O) groups is 2. The van der Waals surface area contributed by atoms with Gasteiger partial charge in [0.05, 0.1) is 17.1 Å². The van der Waals surface area contributed by atoms with E-state index in [4.69, 9.17) is 9.47 Å². The molecule has 0 aromatic heterocycles. The molecule has 27 heavy (non-hydrogen) atoms. The highest BCUT2D eigenvalue weighted by Crippen LogP contribution is 2.26. The molecule has 2 aliphatic rings. The lowest BCUT2D eigenvalue weighted by Crippen LogP contribution is -2.46. The van der Waals surface area contributed by atoms with Gasteiger partial charge in [0, 0.05) is 18.2 Å². The first kappa shape index (κ1) is 19.4. The Morgan fingerprint density at radius 2 is 2.07 bits per heavy atom. The van der Waals surface area contributed by atoms with Crippen LogP contribution in [0, 0.1) is 0 Å². The molecular formula is C19H23NO6S. The second-order valence-corrected chi connectivity index (χ2v) is 8.95. The molecular weight excluding hydrogens is 370 g/mol. The smallest absolute Gasteiger partial charge is 0.338 e. The van der Waals surface area contributed by atoms with Crippen LogP contribution >= 0.6 is 0 Å². The van der Waals surface area contributed by atoms with Crippen LogP contribution in [-0.4, -0.2) is 62.0 Å².